The van der Waals surface area contributed by atoms with Crippen LogP contribution < -0.4 is 0 Å². The van der Waals surface area contributed by atoms with E-state index in [0.717, 1.165) is 0 Å². The molecule has 1 fully saturated rings. The molecule has 0 spiro atoms. The summed E-state index contributed by atoms with van der Waals surface area (Å²) in [6.45, 7) is 3.86. The Morgan fingerprint density at radius 2 is 1.44 bits per heavy atom. The number of halogens is 2. The molecule has 0 aliphatic carbocycles. The van der Waals surface area contributed by atoms with Crippen molar-refractivity contribution in [2.24, 2.45) is 11.8 Å². The summed E-state index contributed by atoms with van der Waals surface area (Å²) in [7, 11) is -3.67. The fourth-order valence-electron chi connectivity index (χ4n) is 1.43. The molecule has 2 atom stereocenters. The maximum Gasteiger partial charge on any atom is 0.425 e. The van der Waals surface area contributed by atoms with Crippen LogP contribution in [0.4, 0.5) is 8.22 Å². The lowest BCUT2D eigenvalue weighted by atomic mass is 10.0. The predicted molar refractivity (Wildman–Crippen MR) is 35.9 cm³/mol. The van der Waals surface area contributed by atoms with Gasteiger partial charge in [-0.25, -0.2) is 0 Å². The van der Waals surface area contributed by atoms with Crippen LogP contribution in [0.1, 0.15) is 13.8 Å². The van der Waals surface area contributed by atoms with Crippen LogP contribution in [0.5, 0.6) is 0 Å². The molecule has 54 valence electrons. The topological polar surface area (TPSA) is 0 Å². The van der Waals surface area contributed by atoms with Crippen LogP contribution in [0.25, 0.3) is 0 Å². The molecule has 2 unspecified atom stereocenters. The molecule has 0 radical (unpaired) electrons. The second-order valence-electron chi connectivity index (χ2n) is 3.22. The highest BCUT2D eigenvalue weighted by atomic mass is 28.4. The molecule has 0 aromatic rings. The van der Waals surface area contributed by atoms with E-state index in [-0.39, 0.29) is 23.9 Å². The second-order valence-corrected chi connectivity index (χ2v) is 5.75. The molecule has 0 bridgehead atoms. The van der Waals surface area contributed by atoms with Gasteiger partial charge in [0, 0.05) is 12.1 Å². The van der Waals surface area contributed by atoms with Gasteiger partial charge in [0.1, 0.15) is 0 Å². The summed E-state index contributed by atoms with van der Waals surface area (Å²) >= 11 is 0. The van der Waals surface area contributed by atoms with Gasteiger partial charge in [0.15, 0.2) is 0 Å². The van der Waals surface area contributed by atoms with Crippen molar-refractivity contribution >= 4 is 8.74 Å². The highest BCUT2D eigenvalue weighted by Crippen LogP contribution is 2.40. The highest BCUT2D eigenvalue weighted by molar-refractivity contribution is 6.67. The van der Waals surface area contributed by atoms with E-state index in [0.29, 0.717) is 0 Å². The summed E-state index contributed by atoms with van der Waals surface area (Å²) in [6, 6.07) is 0.461. The fraction of sp³-hybridized carbons (Fsp3) is 1.00. The summed E-state index contributed by atoms with van der Waals surface area (Å²) in [4.78, 5) is 0. The Hall–Kier alpha value is 0.0769. The molecule has 9 heavy (non-hydrogen) atoms. The second kappa shape index (κ2) is 2.04. The minimum absolute atomic E-state index is 0.230. The summed E-state index contributed by atoms with van der Waals surface area (Å²) in [5.41, 5.74) is 0. The number of hydrogen-bond donors (Lipinski definition) is 0. The summed E-state index contributed by atoms with van der Waals surface area (Å²) in [6.07, 6.45) is 0. The van der Waals surface area contributed by atoms with Gasteiger partial charge in [0.05, 0.1) is 0 Å². The van der Waals surface area contributed by atoms with Crippen molar-refractivity contribution < 1.29 is 8.22 Å². The summed E-state index contributed by atoms with van der Waals surface area (Å²) in [5, 5.41) is 0. The first kappa shape index (κ1) is 7.19. The Morgan fingerprint density at radius 1 is 1.11 bits per heavy atom. The zero-order chi connectivity index (χ0) is 7.07. The van der Waals surface area contributed by atoms with Crippen LogP contribution in [0, 0.1) is 11.8 Å². The van der Waals surface area contributed by atoms with Crippen molar-refractivity contribution in [2.45, 2.75) is 25.9 Å². The van der Waals surface area contributed by atoms with Crippen molar-refractivity contribution in [1.82, 2.24) is 0 Å². The molecule has 0 nitrogen and oxygen atoms in total. The van der Waals surface area contributed by atoms with Gasteiger partial charge in [-0.05, 0) is 11.8 Å². The van der Waals surface area contributed by atoms with E-state index in [1.165, 1.54) is 0 Å². The van der Waals surface area contributed by atoms with Gasteiger partial charge in [-0.2, -0.15) is 0 Å². The van der Waals surface area contributed by atoms with E-state index in [1.807, 2.05) is 13.8 Å². The van der Waals surface area contributed by atoms with Crippen LogP contribution in [0.15, 0.2) is 0 Å². The quantitative estimate of drug-likeness (QED) is 0.368. The van der Waals surface area contributed by atoms with E-state index in [9.17, 15) is 8.22 Å². The normalized spacial score (nSPS) is 41.3. The molecule has 0 saturated carbocycles. The van der Waals surface area contributed by atoms with Gasteiger partial charge in [-0.15, -0.1) is 0 Å². The average molecular weight is 150 g/mol. The molecule has 0 aromatic carbocycles. The fourth-order valence-corrected chi connectivity index (χ4v) is 4.28. The van der Waals surface area contributed by atoms with Crippen molar-refractivity contribution in [1.29, 1.82) is 0 Å². The van der Waals surface area contributed by atoms with Crippen LogP contribution in [-0.2, 0) is 0 Å². The van der Waals surface area contributed by atoms with Crippen molar-refractivity contribution in [3.63, 3.8) is 0 Å². The standard InChI is InChI=1S/C6H12F2Si/c1-5-3-9(7,8)4-6(5)2/h5-6H,3-4H2,1-2H3. The van der Waals surface area contributed by atoms with E-state index in [4.69, 9.17) is 0 Å². The van der Waals surface area contributed by atoms with Crippen molar-refractivity contribution in [3.8, 4) is 0 Å². The van der Waals surface area contributed by atoms with Crippen LogP contribution in [-0.4, -0.2) is 8.74 Å². The zero-order valence-corrected chi connectivity index (χ0v) is 6.82. The Labute approximate surface area is 55.6 Å². The van der Waals surface area contributed by atoms with Gasteiger partial charge in [-0.3, -0.25) is 8.22 Å². The van der Waals surface area contributed by atoms with Crippen LogP contribution >= 0.6 is 0 Å². The van der Waals surface area contributed by atoms with E-state index in [1.54, 1.807) is 0 Å². The minimum Gasteiger partial charge on any atom is -0.270 e. The van der Waals surface area contributed by atoms with Gasteiger partial charge >= 0.3 is 8.74 Å². The molecular weight excluding hydrogens is 138 g/mol. The molecule has 1 aliphatic rings. The molecule has 0 amide bonds. The lowest BCUT2D eigenvalue weighted by molar-refractivity contribution is 0.486. The molecule has 1 aliphatic heterocycles. The van der Waals surface area contributed by atoms with Crippen molar-refractivity contribution in [2.75, 3.05) is 0 Å². The first-order chi connectivity index (χ1) is 4.01. The summed E-state index contributed by atoms with van der Waals surface area (Å²) < 4.78 is 25.2. The highest BCUT2D eigenvalue weighted by Gasteiger charge is 2.46. The number of hydrogen-bond acceptors (Lipinski definition) is 0. The lowest BCUT2D eigenvalue weighted by Gasteiger charge is -2.04. The number of rotatable bonds is 0. The Balaban J connectivity index is 2.54. The first-order valence-corrected chi connectivity index (χ1v) is 5.56. The molecule has 0 aromatic heterocycles. The third-order valence-electron chi connectivity index (χ3n) is 2.21. The van der Waals surface area contributed by atoms with E-state index < -0.39 is 8.74 Å². The maximum absolute atomic E-state index is 12.6. The van der Waals surface area contributed by atoms with Crippen LogP contribution in [0.3, 0.4) is 0 Å². The minimum atomic E-state index is -3.67. The van der Waals surface area contributed by atoms with Gasteiger partial charge in [-0.1, -0.05) is 13.8 Å². The van der Waals surface area contributed by atoms with Crippen molar-refractivity contribution in [3.05, 3.63) is 0 Å². The Bertz CT molecular complexity index is 102. The molecule has 1 heterocycles. The third kappa shape index (κ3) is 1.51. The molecule has 1 rings (SSSR count). The SMILES string of the molecule is CC1C[Si](F)(F)CC1C. The predicted octanol–water partition coefficient (Wildman–Crippen LogP) is 2.65. The largest absolute Gasteiger partial charge is 0.425 e. The molecule has 1 saturated heterocycles. The molecular formula is C6H12F2Si. The Morgan fingerprint density at radius 3 is 1.56 bits per heavy atom. The van der Waals surface area contributed by atoms with Gasteiger partial charge in [0.2, 0.25) is 0 Å². The van der Waals surface area contributed by atoms with Crippen LogP contribution in [0.2, 0.25) is 12.1 Å². The smallest absolute Gasteiger partial charge is 0.270 e. The third-order valence-corrected chi connectivity index (χ3v) is 4.70. The van der Waals surface area contributed by atoms with Gasteiger partial charge in [0.25, 0.3) is 0 Å². The molecule has 0 N–H and O–H groups in total. The molecule has 3 heteroatoms. The Kier molecular flexibility index (Phi) is 1.63. The van der Waals surface area contributed by atoms with E-state index in [2.05, 4.69) is 0 Å². The van der Waals surface area contributed by atoms with E-state index >= 15 is 0 Å². The first-order valence-electron chi connectivity index (χ1n) is 3.39. The monoisotopic (exact) mass is 150 g/mol. The maximum atomic E-state index is 12.6. The lowest BCUT2D eigenvalue weighted by Crippen LogP contribution is -2.15. The summed E-state index contributed by atoms with van der Waals surface area (Å²) in [5.74, 6) is 0.540. The average Bonchev–Trinajstić information content (AvgIpc) is 1.79. The van der Waals surface area contributed by atoms with Gasteiger partial charge < -0.3 is 0 Å². The zero-order valence-electron chi connectivity index (χ0n) is 5.82.